The minimum atomic E-state index is 0.650. The molecule has 0 N–H and O–H groups in total. The molecule has 0 spiro atoms. The SMILES string of the molecule is COc1ccc(CN(C)C)c(OCCN(C)Cc2ccccc2)c1. The summed E-state index contributed by atoms with van der Waals surface area (Å²) in [5, 5.41) is 0. The van der Waals surface area contributed by atoms with Crippen LogP contribution in [0, 0.1) is 0 Å². The van der Waals surface area contributed by atoms with Gasteiger partial charge in [-0.2, -0.15) is 0 Å². The van der Waals surface area contributed by atoms with Crippen molar-refractivity contribution in [1.82, 2.24) is 9.80 Å². The molecule has 0 aliphatic rings. The van der Waals surface area contributed by atoms with Gasteiger partial charge in [-0.25, -0.2) is 0 Å². The van der Waals surface area contributed by atoms with Crippen LogP contribution in [-0.4, -0.2) is 51.2 Å². The van der Waals surface area contributed by atoms with Crippen molar-refractivity contribution in [2.45, 2.75) is 13.1 Å². The van der Waals surface area contributed by atoms with Crippen LogP contribution in [0.1, 0.15) is 11.1 Å². The maximum atomic E-state index is 6.04. The van der Waals surface area contributed by atoms with E-state index in [4.69, 9.17) is 9.47 Å². The molecule has 0 saturated carbocycles. The summed E-state index contributed by atoms with van der Waals surface area (Å²) >= 11 is 0. The van der Waals surface area contributed by atoms with Gasteiger partial charge in [0.2, 0.25) is 0 Å². The molecule has 0 saturated heterocycles. The topological polar surface area (TPSA) is 24.9 Å². The molecule has 4 nitrogen and oxygen atoms in total. The van der Waals surface area contributed by atoms with Gasteiger partial charge < -0.3 is 14.4 Å². The van der Waals surface area contributed by atoms with Gasteiger partial charge >= 0.3 is 0 Å². The highest BCUT2D eigenvalue weighted by Gasteiger charge is 2.08. The molecule has 2 aromatic rings. The van der Waals surface area contributed by atoms with Gasteiger partial charge in [0.25, 0.3) is 0 Å². The molecule has 0 atom stereocenters. The Bertz CT molecular complexity index is 614. The van der Waals surface area contributed by atoms with E-state index in [2.05, 4.69) is 61.3 Å². The van der Waals surface area contributed by atoms with Gasteiger partial charge in [-0.1, -0.05) is 36.4 Å². The summed E-state index contributed by atoms with van der Waals surface area (Å²) in [5.41, 5.74) is 2.49. The van der Waals surface area contributed by atoms with Crippen LogP contribution in [0.25, 0.3) is 0 Å². The van der Waals surface area contributed by atoms with Crippen LogP contribution in [0.4, 0.5) is 0 Å². The van der Waals surface area contributed by atoms with E-state index in [0.29, 0.717) is 6.61 Å². The second kappa shape index (κ2) is 9.30. The Morgan fingerprint density at radius 2 is 1.67 bits per heavy atom. The van der Waals surface area contributed by atoms with Crippen LogP contribution in [-0.2, 0) is 13.1 Å². The summed E-state index contributed by atoms with van der Waals surface area (Å²) in [6.45, 7) is 3.29. The van der Waals surface area contributed by atoms with Crippen molar-refractivity contribution in [3.8, 4) is 11.5 Å². The van der Waals surface area contributed by atoms with E-state index >= 15 is 0 Å². The smallest absolute Gasteiger partial charge is 0.127 e. The molecule has 130 valence electrons. The Labute approximate surface area is 145 Å². The highest BCUT2D eigenvalue weighted by molar-refractivity contribution is 5.40. The molecule has 0 fully saturated rings. The number of methoxy groups -OCH3 is 1. The van der Waals surface area contributed by atoms with Crippen LogP contribution in [0.3, 0.4) is 0 Å². The highest BCUT2D eigenvalue weighted by Crippen LogP contribution is 2.25. The molecule has 0 unspecified atom stereocenters. The Morgan fingerprint density at radius 3 is 2.33 bits per heavy atom. The third-order valence-corrected chi connectivity index (χ3v) is 3.79. The summed E-state index contributed by atoms with van der Waals surface area (Å²) in [6, 6.07) is 16.5. The summed E-state index contributed by atoms with van der Waals surface area (Å²) in [5.74, 6) is 1.72. The molecule has 4 heteroatoms. The third-order valence-electron chi connectivity index (χ3n) is 3.79. The van der Waals surface area contributed by atoms with Crippen LogP contribution in [0.5, 0.6) is 11.5 Å². The van der Waals surface area contributed by atoms with E-state index in [0.717, 1.165) is 31.1 Å². The van der Waals surface area contributed by atoms with Crippen LogP contribution in [0.15, 0.2) is 48.5 Å². The third kappa shape index (κ3) is 5.87. The molecule has 0 aliphatic carbocycles. The van der Waals surface area contributed by atoms with E-state index in [1.807, 2.05) is 18.2 Å². The molecular weight excluding hydrogens is 300 g/mol. The lowest BCUT2D eigenvalue weighted by molar-refractivity contribution is 0.229. The van der Waals surface area contributed by atoms with Crippen LogP contribution >= 0.6 is 0 Å². The van der Waals surface area contributed by atoms with E-state index < -0.39 is 0 Å². The summed E-state index contributed by atoms with van der Waals surface area (Å²) in [6.07, 6.45) is 0. The lowest BCUT2D eigenvalue weighted by atomic mass is 10.2. The molecule has 0 radical (unpaired) electrons. The Hall–Kier alpha value is -2.04. The van der Waals surface area contributed by atoms with Gasteiger partial charge in [0.05, 0.1) is 7.11 Å². The molecule has 0 bridgehead atoms. The maximum Gasteiger partial charge on any atom is 0.127 e. The molecule has 0 amide bonds. The standard InChI is InChI=1S/C20H28N2O2/c1-21(2)16-18-10-11-19(23-4)14-20(18)24-13-12-22(3)15-17-8-6-5-7-9-17/h5-11,14H,12-13,15-16H2,1-4H3. The molecule has 0 heterocycles. The summed E-state index contributed by atoms with van der Waals surface area (Å²) in [7, 11) is 7.91. The second-order valence-corrected chi connectivity index (χ2v) is 6.28. The van der Waals surface area contributed by atoms with Crippen molar-refractivity contribution >= 4 is 0 Å². The predicted molar refractivity (Wildman–Crippen MR) is 98.7 cm³/mol. The van der Waals surface area contributed by atoms with Gasteiger partial charge in [0.15, 0.2) is 0 Å². The molecular formula is C20H28N2O2. The minimum absolute atomic E-state index is 0.650. The number of hydrogen-bond acceptors (Lipinski definition) is 4. The van der Waals surface area contributed by atoms with Gasteiger partial charge in [-0.15, -0.1) is 0 Å². The number of ether oxygens (including phenoxy) is 2. The fourth-order valence-corrected chi connectivity index (χ4v) is 2.55. The number of rotatable bonds is 9. The Kier molecular flexibility index (Phi) is 7.09. The highest BCUT2D eigenvalue weighted by atomic mass is 16.5. The van der Waals surface area contributed by atoms with E-state index in [1.165, 1.54) is 11.1 Å². The van der Waals surface area contributed by atoms with Crippen molar-refractivity contribution in [3.05, 3.63) is 59.7 Å². The Balaban J connectivity index is 1.90. The fraction of sp³-hybridized carbons (Fsp3) is 0.400. The zero-order chi connectivity index (χ0) is 17.4. The first-order valence-electron chi connectivity index (χ1n) is 8.25. The van der Waals surface area contributed by atoms with Crippen molar-refractivity contribution in [1.29, 1.82) is 0 Å². The molecule has 24 heavy (non-hydrogen) atoms. The average Bonchev–Trinajstić information content (AvgIpc) is 2.56. The predicted octanol–water partition coefficient (Wildman–Crippen LogP) is 3.27. The quantitative estimate of drug-likeness (QED) is 0.705. The van der Waals surface area contributed by atoms with Gasteiger partial charge in [0.1, 0.15) is 18.1 Å². The molecule has 2 rings (SSSR count). The van der Waals surface area contributed by atoms with E-state index in [1.54, 1.807) is 7.11 Å². The average molecular weight is 328 g/mol. The minimum Gasteiger partial charge on any atom is -0.497 e. The summed E-state index contributed by atoms with van der Waals surface area (Å²) < 4.78 is 11.4. The number of hydrogen-bond donors (Lipinski definition) is 0. The first kappa shape index (κ1) is 18.3. The van der Waals surface area contributed by atoms with Gasteiger partial charge in [-0.05, 0) is 32.8 Å². The van der Waals surface area contributed by atoms with Crippen molar-refractivity contribution in [2.24, 2.45) is 0 Å². The first-order chi connectivity index (χ1) is 11.6. The Morgan fingerprint density at radius 1 is 0.917 bits per heavy atom. The van der Waals surface area contributed by atoms with E-state index in [9.17, 15) is 0 Å². The number of nitrogens with zero attached hydrogens (tertiary/aromatic N) is 2. The maximum absolute atomic E-state index is 6.04. The van der Waals surface area contributed by atoms with Crippen molar-refractivity contribution < 1.29 is 9.47 Å². The zero-order valence-corrected chi connectivity index (χ0v) is 15.2. The van der Waals surface area contributed by atoms with Crippen molar-refractivity contribution in [2.75, 3.05) is 41.4 Å². The number of benzene rings is 2. The first-order valence-corrected chi connectivity index (χ1v) is 8.25. The largest absolute Gasteiger partial charge is 0.497 e. The lowest BCUT2D eigenvalue weighted by Gasteiger charge is -2.19. The van der Waals surface area contributed by atoms with Crippen molar-refractivity contribution in [3.63, 3.8) is 0 Å². The molecule has 0 aliphatic heterocycles. The van der Waals surface area contributed by atoms with Crippen LogP contribution in [0.2, 0.25) is 0 Å². The fourth-order valence-electron chi connectivity index (χ4n) is 2.55. The monoisotopic (exact) mass is 328 g/mol. The lowest BCUT2D eigenvalue weighted by Crippen LogP contribution is -2.24. The van der Waals surface area contributed by atoms with E-state index in [-0.39, 0.29) is 0 Å². The molecule has 2 aromatic carbocycles. The van der Waals surface area contributed by atoms with Gasteiger partial charge in [-0.3, -0.25) is 4.90 Å². The summed E-state index contributed by atoms with van der Waals surface area (Å²) in [4.78, 5) is 4.40. The van der Waals surface area contributed by atoms with Crippen LogP contribution < -0.4 is 9.47 Å². The molecule has 0 aromatic heterocycles. The van der Waals surface area contributed by atoms with Gasteiger partial charge in [0, 0.05) is 31.3 Å². The normalized spacial score (nSPS) is 11.1. The second-order valence-electron chi connectivity index (χ2n) is 6.28. The zero-order valence-electron chi connectivity index (χ0n) is 15.2. The number of likely N-dealkylation sites (N-methyl/N-ethyl adjacent to an activating group) is 1.